The van der Waals surface area contributed by atoms with Crippen LogP contribution in [0.3, 0.4) is 0 Å². The molecule has 1 N–H and O–H groups in total. The molecule has 0 atom stereocenters. The second kappa shape index (κ2) is 7.27. The average molecular weight is 397 g/mol. The van der Waals surface area contributed by atoms with Crippen molar-refractivity contribution in [2.24, 2.45) is 0 Å². The molecule has 1 aromatic heterocycles. The highest BCUT2D eigenvalue weighted by Crippen LogP contribution is 2.34. The van der Waals surface area contributed by atoms with Crippen LogP contribution in [0.4, 0.5) is 9.52 Å². The van der Waals surface area contributed by atoms with Crippen molar-refractivity contribution in [1.29, 1.82) is 0 Å². The number of benzene rings is 1. The highest BCUT2D eigenvalue weighted by molar-refractivity contribution is 7.93. The van der Waals surface area contributed by atoms with Gasteiger partial charge < -0.3 is 0 Å². The average Bonchev–Trinajstić information content (AvgIpc) is 3.02. The Hall–Kier alpha value is -1.47. The lowest BCUT2D eigenvalue weighted by Gasteiger charge is -2.20. The molecule has 3 rings (SSSR count). The quantitative estimate of drug-likeness (QED) is 0.750. The van der Waals surface area contributed by atoms with Gasteiger partial charge in [-0.25, -0.2) is 17.8 Å². The van der Waals surface area contributed by atoms with Crippen molar-refractivity contribution in [3.05, 3.63) is 40.7 Å². The van der Waals surface area contributed by atoms with Gasteiger partial charge in [0, 0.05) is 11.3 Å². The van der Waals surface area contributed by atoms with E-state index in [1.165, 1.54) is 36.7 Å². The summed E-state index contributed by atoms with van der Waals surface area (Å²) in [5, 5.41) is 2.27. The van der Waals surface area contributed by atoms with E-state index in [2.05, 4.69) is 9.71 Å². The van der Waals surface area contributed by atoms with Crippen LogP contribution < -0.4 is 4.72 Å². The second-order valence-corrected chi connectivity index (χ2v) is 10.5. The number of anilines is 1. The van der Waals surface area contributed by atoms with Gasteiger partial charge in [-0.2, -0.15) is 0 Å². The standard InChI is InChI=1S/C19H25FN2O2S2/c1-19(2,3)15-10-9-14(11-16(15)20)26(23,24)22-18-21-17(12-25-18)13-7-5-4-6-8-13/h9-13H,4-8H2,1-3H3,(H,21,22). The van der Waals surface area contributed by atoms with Crippen LogP contribution in [0, 0.1) is 5.82 Å². The maximum Gasteiger partial charge on any atom is 0.263 e. The van der Waals surface area contributed by atoms with Crippen molar-refractivity contribution < 1.29 is 12.8 Å². The minimum absolute atomic E-state index is 0.0857. The van der Waals surface area contributed by atoms with Crippen LogP contribution in [-0.2, 0) is 15.4 Å². The van der Waals surface area contributed by atoms with Crippen molar-refractivity contribution in [2.45, 2.75) is 69.1 Å². The fourth-order valence-corrected chi connectivity index (χ4v) is 5.42. The van der Waals surface area contributed by atoms with Gasteiger partial charge in [0.05, 0.1) is 10.6 Å². The number of sulfonamides is 1. The molecule has 0 amide bonds. The molecule has 0 bridgehead atoms. The first-order valence-electron chi connectivity index (χ1n) is 8.95. The molecule has 1 saturated carbocycles. The monoisotopic (exact) mass is 396 g/mol. The number of nitrogens with zero attached hydrogens (tertiary/aromatic N) is 1. The Balaban J connectivity index is 1.79. The van der Waals surface area contributed by atoms with E-state index < -0.39 is 15.8 Å². The van der Waals surface area contributed by atoms with Gasteiger partial charge in [-0.05, 0) is 36.0 Å². The number of thiazole rings is 1. The smallest absolute Gasteiger partial charge is 0.255 e. The molecule has 0 spiro atoms. The van der Waals surface area contributed by atoms with Crippen molar-refractivity contribution in [1.82, 2.24) is 4.98 Å². The maximum atomic E-state index is 14.4. The van der Waals surface area contributed by atoms with E-state index in [9.17, 15) is 12.8 Å². The maximum absolute atomic E-state index is 14.4. The van der Waals surface area contributed by atoms with Crippen LogP contribution in [0.5, 0.6) is 0 Å². The molecule has 0 radical (unpaired) electrons. The van der Waals surface area contributed by atoms with Crippen molar-refractivity contribution in [2.75, 3.05) is 4.72 Å². The minimum atomic E-state index is -3.86. The van der Waals surface area contributed by atoms with E-state index in [1.807, 2.05) is 26.2 Å². The van der Waals surface area contributed by atoms with Gasteiger partial charge in [0.2, 0.25) is 0 Å². The largest absolute Gasteiger partial charge is 0.263 e. The van der Waals surface area contributed by atoms with Crippen LogP contribution in [0.2, 0.25) is 0 Å². The highest BCUT2D eigenvalue weighted by atomic mass is 32.2. The number of aromatic nitrogens is 1. The minimum Gasteiger partial charge on any atom is -0.255 e. The molecular weight excluding hydrogens is 371 g/mol. The molecule has 2 aromatic rings. The lowest BCUT2D eigenvalue weighted by molar-refractivity contribution is 0.438. The second-order valence-electron chi connectivity index (χ2n) is 7.91. The highest BCUT2D eigenvalue weighted by Gasteiger charge is 2.24. The molecule has 7 heteroatoms. The first kappa shape index (κ1) is 19.3. The fraction of sp³-hybridized carbons (Fsp3) is 0.526. The van der Waals surface area contributed by atoms with Gasteiger partial charge in [-0.15, -0.1) is 11.3 Å². The van der Waals surface area contributed by atoms with Crippen LogP contribution in [0.1, 0.15) is 70.1 Å². The summed E-state index contributed by atoms with van der Waals surface area (Å²) in [6.45, 7) is 5.67. The van der Waals surface area contributed by atoms with E-state index >= 15 is 0 Å². The normalized spacial score (nSPS) is 16.6. The molecule has 142 valence electrons. The summed E-state index contributed by atoms with van der Waals surface area (Å²) in [4.78, 5) is 4.37. The fourth-order valence-electron chi connectivity index (χ4n) is 3.36. The predicted octanol–water partition coefficient (Wildman–Crippen LogP) is 5.43. The summed E-state index contributed by atoms with van der Waals surface area (Å²) in [6, 6.07) is 4.07. The molecule has 1 aliphatic carbocycles. The summed E-state index contributed by atoms with van der Waals surface area (Å²) in [6.07, 6.45) is 5.87. The number of nitrogens with one attached hydrogen (secondary N) is 1. The Morgan fingerprint density at radius 1 is 1.19 bits per heavy atom. The molecule has 4 nitrogen and oxygen atoms in total. The van der Waals surface area contributed by atoms with Crippen LogP contribution in [0.25, 0.3) is 0 Å². The van der Waals surface area contributed by atoms with Crippen molar-refractivity contribution >= 4 is 26.5 Å². The Bertz CT molecular complexity index is 879. The van der Waals surface area contributed by atoms with E-state index in [0.717, 1.165) is 24.6 Å². The Kier molecular flexibility index (Phi) is 5.40. The van der Waals surface area contributed by atoms with Crippen molar-refractivity contribution in [3.63, 3.8) is 0 Å². The summed E-state index contributed by atoms with van der Waals surface area (Å²) >= 11 is 1.28. The first-order valence-corrected chi connectivity index (χ1v) is 11.3. The lowest BCUT2D eigenvalue weighted by atomic mass is 9.87. The third-order valence-corrected chi connectivity index (χ3v) is 7.07. The first-order chi connectivity index (χ1) is 12.2. The van der Waals surface area contributed by atoms with E-state index in [1.54, 1.807) is 6.07 Å². The third-order valence-electron chi connectivity index (χ3n) is 4.83. The molecule has 0 unspecified atom stereocenters. The summed E-state index contributed by atoms with van der Waals surface area (Å²) in [7, 11) is -3.86. The SMILES string of the molecule is CC(C)(C)c1ccc(S(=O)(=O)Nc2nc(C3CCCCC3)cs2)cc1F. The molecule has 1 aliphatic rings. The van der Waals surface area contributed by atoms with E-state index in [-0.39, 0.29) is 10.3 Å². The molecule has 0 saturated heterocycles. The molecule has 26 heavy (non-hydrogen) atoms. The number of rotatable bonds is 4. The molecule has 0 aliphatic heterocycles. The number of hydrogen-bond acceptors (Lipinski definition) is 4. The zero-order valence-electron chi connectivity index (χ0n) is 15.4. The predicted molar refractivity (Wildman–Crippen MR) is 104 cm³/mol. The number of halogens is 1. The zero-order valence-corrected chi connectivity index (χ0v) is 17.0. The summed E-state index contributed by atoms with van der Waals surface area (Å²) < 4.78 is 42.0. The molecular formula is C19H25FN2O2S2. The zero-order chi connectivity index (χ0) is 18.9. The van der Waals surface area contributed by atoms with Gasteiger partial charge in [0.25, 0.3) is 10.0 Å². The van der Waals surface area contributed by atoms with Gasteiger partial charge in [-0.1, -0.05) is 46.1 Å². The summed E-state index contributed by atoms with van der Waals surface area (Å²) in [5.41, 5.74) is 1.07. The lowest BCUT2D eigenvalue weighted by Crippen LogP contribution is -2.17. The molecule has 1 heterocycles. The van der Waals surface area contributed by atoms with Gasteiger partial charge >= 0.3 is 0 Å². The van der Waals surface area contributed by atoms with Crippen LogP contribution >= 0.6 is 11.3 Å². The topological polar surface area (TPSA) is 59.1 Å². The van der Waals surface area contributed by atoms with Crippen molar-refractivity contribution in [3.8, 4) is 0 Å². The van der Waals surface area contributed by atoms with Crippen LogP contribution in [-0.4, -0.2) is 13.4 Å². The number of hydrogen-bond donors (Lipinski definition) is 1. The van der Waals surface area contributed by atoms with Crippen LogP contribution in [0.15, 0.2) is 28.5 Å². The molecule has 1 fully saturated rings. The van der Waals surface area contributed by atoms with Gasteiger partial charge in [0.15, 0.2) is 5.13 Å². The van der Waals surface area contributed by atoms with E-state index in [0.29, 0.717) is 16.6 Å². The van der Waals surface area contributed by atoms with Gasteiger partial charge in [-0.3, -0.25) is 4.72 Å². The summed E-state index contributed by atoms with van der Waals surface area (Å²) in [5.74, 6) is -0.0934. The Morgan fingerprint density at radius 2 is 1.88 bits per heavy atom. The Labute approximate surface area is 158 Å². The third kappa shape index (κ3) is 4.26. The van der Waals surface area contributed by atoms with Gasteiger partial charge in [0.1, 0.15) is 5.82 Å². The molecule has 1 aromatic carbocycles. The van der Waals surface area contributed by atoms with E-state index in [4.69, 9.17) is 0 Å². The Morgan fingerprint density at radius 3 is 2.50 bits per heavy atom.